The van der Waals surface area contributed by atoms with Gasteiger partial charge in [-0.3, -0.25) is 15.2 Å². The second-order valence-corrected chi connectivity index (χ2v) is 5.25. The van der Waals surface area contributed by atoms with E-state index in [0.29, 0.717) is 17.3 Å². The number of rotatable bonds is 7. The lowest BCUT2D eigenvalue weighted by Crippen LogP contribution is -2.20. The summed E-state index contributed by atoms with van der Waals surface area (Å²) in [6.07, 6.45) is 0. The molecule has 0 aliphatic heterocycles. The number of aromatic nitrogens is 3. The molecule has 2 N–H and O–H groups in total. The molecule has 0 saturated carbocycles. The number of methoxy groups -OCH3 is 2. The zero-order chi connectivity index (χ0) is 18.4. The van der Waals surface area contributed by atoms with Crippen LogP contribution >= 0.6 is 0 Å². The summed E-state index contributed by atoms with van der Waals surface area (Å²) in [7, 11) is 3.19. The van der Waals surface area contributed by atoms with E-state index in [0.717, 1.165) is 11.3 Å². The Morgan fingerprint density at radius 1 is 0.962 bits per heavy atom. The van der Waals surface area contributed by atoms with Crippen LogP contribution in [0.1, 0.15) is 0 Å². The Balaban J connectivity index is 1.55. The fraction of sp³-hybridized carbons (Fsp3) is 0.167. The molecule has 1 aromatic heterocycles. The molecule has 3 aromatic rings. The average molecular weight is 354 g/mol. The number of aromatic amines is 1. The van der Waals surface area contributed by atoms with Gasteiger partial charge in [-0.2, -0.15) is 4.98 Å². The predicted molar refractivity (Wildman–Crippen MR) is 95.5 cm³/mol. The Morgan fingerprint density at radius 3 is 2.15 bits per heavy atom. The maximum absolute atomic E-state index is 12.0. The van der Waals surface area contributed by atoms with Gasteiger partial charge in [-0.15, -0.1) is 5.10 Å². The van der Waals surface area contributed by atoms with E-state index in [1.54, 1.807) is 38.5 Å². The molecule has 0 spiro atoms. The second kappa shape index (κ2) is 8.02. The van der Waals surface area contributed by atoms with Gasteiger partial charge in [0.25, 0.3) is 5.91 Å². The lowest BCUT2D eigenvalue weighted by molar-refractivity contribution is -0.118. The van der Waals surface area contributed by atoms with Gasteiger partial charge < -0.3 is 14.2 Å². The number of hydrogen-bond acceptors (Lipinski definition) is 6. The highest BCUT2D eigenvalue weighted by atomic mass is 16.5. The first kappa shape index (κ1) is 17.3. The molecule has 0 unspecified atom stereocenters. The minimum Gasteiger partial charge on any atom is -0.497 e. The van der Waals surface area contributed by atoms with Gasteiger partial charge in [-0.25, -0.2) is 0 Å². The van der Waals surface area contributed by atoms with Crippen molar-refractivity contribution in [3.05, 3.63) is 48.5 Å². The summed E-state index contributed by atoms with van der Waals surface area (Å²) in [4.78, 5) is 16.2. The van der Waals surface area contributed by atoms with E-state index in [1.165, 1.54) is 0 Å². The van der Waals surface area contributed by atoms with Crippen molar-refractivity contribution in [2.24, 2.45) is 0 Å². The largest absolute Gasteiger partial charge is 0.497 e. The van der Waals surface area contributed by atoms with Crippen molar-refractivity contribution >= 4 is 11.9 Å². The maximum atomic E-state index is 12.0. The molecule has 0 saturated heterocycles. The van der Waals surface area contributed by atoms with Crippen molar-refractivity contribution in [2.45, 2.75) is 0 Å². The van der Waals surface area contributed by atoms with Gasteiger partial charge in [0.15, 0.2) is 12.4 Å². The number of amides is 1. The quantitative estimate of drug-likeness (QED) is 0.676. The first-order valence-corrected chi connectivity index (χ1v) is 7.81. The molecule has 8 nitrogen and oxygen atoms in total. The third-order valence-electron chi connectivity index (χ3n) is 3.53. The third-order valence-corrected chi connectivity index (χ3v) is 3.53. The molecule has 1 amide bonds. The highest BCUT2D eigenvalue weighted by Crippen LogP contribution is 2.20. The molecule has 0 radical (unpaired) electrons. The van der Waals surface area contributed by atoms with E-state index in [9.17, 15) is 4.79 Å². The molecular weight excluding hydrogens is 336 g/mol. The van der Waals surface area contributed by atoms with Crippen molar-refractivity contribution in [2.75, 3.05) is 26.1 Å². The Bertz CT molecular complexity index is 860. The Hall–Kier alpha value is -3.55. The van der Waals surface area contributed by atoms with Gasteiger partial charge in [-0.1, -0.05) is 0 Å². The topological polar surface area (TPSA) is 98.4 Å². The molecule has 8 heteroatoms. The number of hydrogen-bond donors (Lipinski definition) is 2. The molecule has 3 rings (SSSR count). The Labute approximate surface area is 150 Å². The average Bonchev–Trinajstić information content (AvgIpc) is 3.15. The van der Waals surface area contributed by atoms with Crippen LogP contribution in [0.5, 0.6) is 17.2 Å². The third kappa shape index (κ3) is 4.29. The molecule has 2 aromatic carbocycles. The smallest absolute Gasteiger partial charge is 0.264 e. The molecule has 26 heavy (non-hydrogen) atoms. The zero-order valence-electron chi connectivity index (χ0n) is 14.4. The van der Waals surface area contributed by atoms with Crippen molar-refractivity contribution in [3.8, 4) is 28.6 Å². The predicted octanol–water partition coefficient (Wildman–Crippen LogP) is 2.51. The number of nitrogens with zero attached hydrogens (tertiary/aromatic N) is 2. The first-order valence-electron chi connectivity index (χ1n) is 7.81. The zero-order valence-corrected chi connectivity index (χ0v) is 14.4. The van der Waals surface area contributed by atoms with Gasteiger partial charge in [0.2, 0.25) is 5.95 Å². The van der Waals surface area contributed by atoms with Crippen LogP contribution in [-0.4, -0.2) is 41.9 Å². The number of ether oxygens (including phenoxy) is 3. The number of carbonyl (C=O) groups is 1. The highest BCUT2D eigenvalue weighted by Gasteiger charge is 2.10. The van der Waals surface area contributed by atoms with E-state index in [-0.39, 0.29) is 18.5 Å². The summed E-state index contributed by atoms with van der Waals surface area (Å²) in [6.45, 7) is -0.154. The van der Waals surface area contributed by atoms with Crippen LogP contribution in [0.2, 0.25) is 0 Å². The maximum Gasteiger partial charge on any atom is 0.264 e. The fourth-order valence-corrected chi connectivity index (χ4v) is 2.18. The fourth-order valence-electron chi connectivity index (χ4n) is 2.18. The molecule has 0 fully saturated rings. The molecule has 0 aliphatic carbocycles. The number of benzene rings is 2. The van der Waals surface area contributed by atoms with E-state index in [4.69, 9.17) is 14.2 Å². The van der Waals surface area contributed by atoms with E-state index in [2.05, 4.69) is 20.5 Å². The summed E-state index contributed by atoms with van der Waals surface area (Å²) in [5.41, 5.74) is 0.827. The summed E-state index contributed by atoms with van der Waals surface area (Å²) in [6, 6.07) is 14.3. The van der Waals surface area contributed by atoms with Gasteiger partial charge in [-0.05, 0) is 48.5 Å². The molecule has 134 valence electrons. The molecule has 1 heterocycles. The lowest BCUT2D eigenvalue weighted by Gasteiger charge is -2.06. The summed E-state index contributed by atoms with van der Waals surface area (Å²) in [5, 5.41) is 9.34. The van der Waals surface area contributed by atoms with Gasteiger partial charge in [0.1, 0.15) is 17.2 Å². The number of anilines is 1. The summed E-state index contributed by atoms with van der Waals surface area (Å²) >= 11 is 0. The highest BCUT2D eigenvalue weighted by molar-refractivity contribution is 5.90. The Morgan fingerprint density at radius 2 is 1.54 bits per heavy atom. The monoisotopic (exact) mass is 354 g/mol. The summed E-state index contributed by atoms with van der Waals surface area (Å²) in [5.74, 6) is 2.39. The van der Waals surface area contributed by atoms with E-state index >= 15 is 0 Å². The van der Waals surface area contributed by atoms with Crippen molar-refractivity contribution in [1.29, 1.82) is 0 Å². The number of carbonyl (C=O) groups excluding carboxylic acids is 1. The normalized spacial score (nSPS) is 10.2. The van der Waals surface area contributed by atoms with Gasteiger partial charge in [0, 0.05) is 5.56 Å². The SMILES string of the molecule is COc1ccc(OCC(=O)Nc2n[nH]c(-c3ccc(OC)cc3)n2)cc1. The van der Waals surface area contributed by atoms with Crippen molar-refractivity contribution in [1.82, 2.24) is 15.2 Å². The molecular formula is C18H18N4O4. The van der Waals surface area contributed by atoms with Crippen LogP contribution in [0.15, 0.2) is 48.5 Å². The van der Waals surface area contributed by atoms with Gasteiger partial charge >= 0.3 is 0 Å². The standard InChI is InChI=1S/C18H18N4O4/c1-24-13-5-3-12(4-6-13)17-20-18(22-21-17)19-16(23)11-26-15-9-7-14(25-2)8-10-15/h3-10H,11H2,1-2H3,(H2,19,20,21,22,23). The van der Waals surface area contributed by atoms with Crippen molar-refractivity contribution in [3.63, 3.8) is 0 Å². The van der Waals surface area contributed by atoms with Crippen LogP contribution in [-0.2, 0) is 4.79 Å². The molecule has 0 aliphatic rings. The van der Waals surface area contributed by atoms with Crippen molar-refractivity contribution < 1.29 is 19.0 Å². The first-order chi connectivity index (χ1) is 12.7. The van der Waals surface area contributed by atoms with Gasteiger partial charge in [0.05, 0.1) is 14.2 Å². The van der Waals surface area contributed by atoms with Crippen LogP contribution in [0.3, 0.4) is 0 Å². The minimum absolute atomic E-state index is 0.154. The van der Waals surface area contributed by atoms with Crippen LogP contribution < -0.4 is 19.5 Å². The summed E-state index contributed by atoms with van der Waals surface area (Å²) < 4.78 is 15.6. The molecule has 0 atom stereocenters. The number of nitrogens with one attached hydrogen (secondary N) is 2. The number of H-pyrrole nitrogens is 1. The van der Waals surface area contributed by atoms with Crippen LogP contribution in [0, 0.1) is 0 Å². The Kier molecular flexibility index (Phi) is 5.33. The molecule has 0 bridgehead atoms. The van der Waals surface area contributed by atoms with E-state index in [1.807, 2.05) is 24.3 Å². The lowest BCUT2D eigenvalue weighted by atomic mass is 10.2. The van der Waals surface area contributed by atoms with Crippen LogP contribution in [0.25, 0.3) is 11.4 Å². The van der Waals surface area contributed by atoms with E-state index < -0.39 is 0 Å². The minimum atomic E-state index is -0.360. The van der Waals surface area contributed by atoms with Crippen LogP contribution in [0.4, 0.5) is 5.95 Å². The second-order valence-electron chi connectivity index (χ2n) is 5.25.